The predicted octanol–water partition coefficient (Wildman–Crippen LogP) is 4.32. The summed E-state index contributed by atoms with van der Waals surface area (Å²) in [5, 5.41) is 12.0. The molecule has 5 nitrogen and oxygen atoms in total. The number of thiazole rings is 1. The predicted molar refractivity (Wildman–Crippen MR) is 78.5 cm³/mol. The van der Waals surface area contributed by atoms with Crippen molar-refractivity contribution in [2.45, 2.75) is 0 Å². The number of benzene rings is 1. The van der Waals surface area contributed by atoms with Crippen molar-refractivity contribution in [3.8, 4) is 17.0 Å². The molecule has 0 unspecified atom stereocenters. The molecule has 100 valence electrons. The second-order valence-electron chi connectivity index (χ2n) is 3.42. The first kappa shape index (κ1) is 14.1. The lowest BCUT2D eigenvalue weighted by atomic mass is 10.1. The Morgan fingerprint density at radius 3 is 2.95 bits per heavy atom. The zero-order valence-corrected chi connectivity index (χ0v) is 12.8. The summed E-state index contributed by atoms with van der Waals surface area (Å²) in [5.74, 6) is 0.565. The van der Waals surface area contributed by atoms with Crippen LogP contribution in [0, 0.1) is 0 Å². The van der Waals surface area contributed by atoms with Crippen molar-refractivity contribution in [3.05, 3.63) is 27.1 Å². The molecule has 0 fully saturated rings. The molecule has 2 rings (SSSR count). The van der Waals surface area contributed by atoms with Gasteiger partial charge in [0.25, 0.3) is 0 Å². The number of hydrogen-bond acceptors (Lipinski definition) is 4. The monoisotopic (exact) mass is 362 g/mol. The topological polar surface area (TPSA) is 71.5 Å². The first-order valence-electron chi connectivity index (χ1n) is 5.01. The Morgan fingerprint density at radius 1 is 1.58 bits per heavy atom. The molecule has 0 saturated heterocycles. The van der Waals surface area contributed by atoms with E-state index in [0.717, 1.165) is 0 Å². The maximum Gasteiger partial charge on any atom is 0.409 e. The molecule has 0 aliphatic heterocycles. The first-order valence-corrected chi connectivity index (χ1v) is 7.00. The van der Waals surface area contributed by atoms with E-state index in [4.69, 9.17) is 21.4 Å². The number of nitrogens with one attached hydrogen (secondary N) is 1. The van der Waals surface area contributed by atoms with Crippen LogP contribution in [0.25, 0.3) is 11.3 Å². The molecule has 0 spiro atoms. The van der Waals surface area contributed by atoms with Gasteiger partial charge >= 0.3 is 6.09 Å². The van der Waals surface area contributed by atoms with Gasteiger partial charge in [-0.2, -0.15) is 0 Å². The van der Waals surface area contributed by atoms with E-state index < -0.39 is 6.09 Å². The third-order valence-corrected chi connectivity index (χ3v) is 3.90. The molecule has 2 N–H and O–H groups in total. The summed E-state index contributed by atoms with van der Waals surface area (Å²) in [6.45, 7) is 0. The molecule has 1 aromatic heterocycles. The van der Waals surface area contributed by atoms with Gasteiger partial charge in [0.2, 0.25) is 0 Å². The Labute approximate surface area is 126 Å². The third kappa shape index (κ3) is 3.17. The number of aromatic nitrogens is 1. The van der Waals surface area contributed by atoms with Crippen LogP contribution in [0.1, 0.15) is 0 Å². The van der Waals surface area contributed by atoms with Crippen LogP contribution in [0.15, 0.2) is 22.1 Å². The van der Waals surface area contributed by atoms with E-state index in [1.807, 2.05) is 0 Å². The van der Waals surface area contributed by atoms with Gasteiger partial charge in [0, 0.05) is 10.6 Å². The summed E-state index contributed by atoms with van der Waals surface area (Å²) < 4.78 is 5.80. The Balaban J connectivity index is 2.57. The van der Waals surface area contributed by atoms with Crippen LogP contribution < -0.4 is 10.1 Å². The number of carboxylic acid groups (broad SMARTS) is 1. The minimum Gasteiger partial charge on any atom is -0.496 e. The van der Waals surface area contributed by atoms with E-state index in [0.29, 0.717) is 30.9 Å². The van der Waals surface area contributed by atoms with E-state index in [1.165, 1.54) is 18.4 Å². The van der Waals surface area contributed by atoms with Crippen molar-refractivity contribution in [1.82, 2.24) is 4.98 Å². The molecule has 0 aliphatic rings. The summed E-state index contributed by atoms with van der Waals surface area (Å²) in [6.07, 6.45) is -1.15. The van der Waals surface area contributed by atoms with E-state index in [9.17, 15) is 4.79 Å². The van der Waals surface area contributed by atoms with Gasteiger partial charge in [0.15, 0.2) is 3.92 Å². The Hall–Kier alpha value is -1.31. The largest absolute Gasteiger partial charge is 0.496 e. The van der Waals surface area contributed by atoms with Crippen LogP contribution >= 0.6 is 38.9 Å². The number of methoxy groups -OCH3 is 1. The second kappa shape index (κ2) is 5.77. The SMILES string of the molecule is COc1ccc(Cl)cc1-c1nc(Br)sc1NC(=O)O. The number of amides is 1. The summed E-state index contributed by atoms with van der Waals surface area (Å²) in [5.41, 5.74) is 1.10. The van der Waals surface area contributed by atoms with Crippen molar-refractivity contribution in [3.63, 3.8) is 0 Å². The maximum absolute atomic E-state index is 10.8. The fourth-order valence-electron chi connectivity index (χ4n) is 1.52. The Bertz CT molecular complexity index is 632. The smallest absolute Gasteiger partial charge is 0.409 e. The van der Waals surface area contributed by atoms with Crippen LogP contribution in [0.4, 0.5) is 9.80 Å². The summed E-state index contributed by atoms with van der Waals surface area (Å²) in [7, 11) is 1.53. The van der Waals surface area contributed by atoms with Crippen molar-refractivity contribution in [2.24, 2.45) is 0 Å². The van der Waals surface area contributed by atoms with Crippen LogP contribution in [0.3, 0.4) is 0 Å². The quantitative estimate of drug-likeness (QED) is 0.851. The van der Waals surface area contributed by atoms with Gasteiger partial charge in [-0.15, -0.1) is 0 Å². The minimum absolute atomic E-state index is 0.403. The number of carbonyl (C=O) groups is 1. The molecule has 0 radical (unpaired) electrons. The molecule has 1 heterocycles. The van der Waals surface area contributed by atoms with Crippen LogP contribution in [0.5, 0.6) is 5.75 Å². The molecule has 8 heteroatoms. The molecular formula is C11H8BrClN2O3S. The summed E-state index contributed by atoms with van der Waals surface area (Å²) in [6, 6.07) is 5.07. The Kier molecular flexibility index (Phi) is 4.28. The highest BCUT2D eigenvalue weighted by molar-refractivity contribution is 9.11. The number of rotatable bonds is 3. The summed E-state index contributed by atoms with van der Waals surface area (Å²) in [4.78, 5) is 15.0. The molecule has 1 aromatic carbocycles. The van der Waals surface area contributed by atoms with Crippen molar-refractivity contribution < 1.29 is 14.6 Å². The van der Waals surface area contributed by atoms with E-state index in [1.54, 1.807) is 18.2 Å². The lowest BCUT2D eigenvalue weighted by Crippen LogP contribution is -2.06. The number of hydrogen-bond donors (Lipinski definition) is 2. The first-order chi connectivity index (χ1) is 9.01. The number of halogens is 2. The van der Waals surface area contributed by atoms with Gasteiger partial charge < -0.3 is 9.84 Å². The van der Waals surface area contributed by atoms with Crippen molar-refractivity contribution in [1.29, 1.82) is 0 Å². The highest BCUT2D eigenvalue weighted by Gasteiger charge is 2.17. The maximum atomic E-state index is 10.8. The lowest BCUT2D eigenvalue weighted by molar-refractivity contribution is 0.210. The van der Waals surface area contributed by atoms with Gasteiger partial charge in [-0.1, -0.05) is 22.9 Å². The fourth-order valence-corrected chi connectivity index (χ4v) is 3.05. The van der Waals surface area contributed by atoms with Crippen molar-refractivity contribution in [2.75, 3.05) is 12.4 Å². The van der Waals surface area contributed by atoms with E-state index >= 15 is 0 Å². The van der Waals surface area contributed by atoms with Gasteiger partial charge in [-0.3, -0.25) is 5.32 Å². The van der Waals surface area contributed by atoms with Crippen LogP contribution in [0.2, 0.25) is 5.02 Å². The molecule has 0 atom stereocenters. The molecular weight excluding hydrogens is 356 g/mol. The average Bonchev–Trinajstić information content (AvgIpc) is 2.69. The highest BCUT2D eigenvalue weighted by atomic mass is 79.9. The molecule has 19 heavy (non-hydrogen) atoms. The zero-order valence-electron chi connectivity index (χ0n) is 9.61. The van der Waals surface area contributed by atoms with E-state index in [2.05, 4.69) is 26.2 Å². The number of ether oxygens (including phenoxy) is 1. The van der Waals surface area contributed by atoms with Gasteiger partial charge in [-0.25, -0.2) is 9.78 Å². The van der Waals surface area contributed by atoms with Crippen molar-refractivity contribution >= 4 is 50.0 Å². The van der Waals surface area contributed by atoms with E-state index in [-0.39, 0.29) is 0 Å². The lowest BCUT2D eigenvalue weighted by Gasteiger charge is -2.08. The highest BCUT2D eigenvalue weighted by Crippen LogP contribution is 2.40. The second-order valence-corrected chi connectivity index (χ2v) is 6.13. The van der Waals surface area contributed by atoms with Crippen LogP contribution in [-0.4, -0.2) is 23.3 Å². The number of nitrogens with zero attached hydrogens (tertiary/aromatic N) is 1. The van der Waals surface area contributed by atoms with Gasteiger partial charge in [0.05, 0.1) is 7.11 Å². The normalized spacial score (nSPS) is 10.3. The third-order valence-electron chi connectivity index (χ3n) is 2.24. The summed E-state index contributed by atoms with van der Waals surface area (Å²) >= 11 is 10.4. The molecule has 0 bridgehead atoms. The minimum atomic E-state index is -1.15. The Morgan fingerprint density at radius 2 is 2.32 bits per heavy atom. The van der Waals surface area contributed by atoms with Gasteiger partial charge in [-0.05, 0) is 34.1 Å². The number of anilines is 1. The zero-order chi connectivity index (χ0) is 14.0. The van der Waals surface area contributed by atoms with Crippen LogP contribution in [-0.2, 0) is 0 Å². The fraction of sp³-hybridized carbons (Fsp3) is 0.0909. The molecule has 2 aromatic rings. The average molecular weight is 364 g/mol. The van der Waals surface area contributed by atoms with Gasteiger partial charge in [0.1, 0.15) is 16.4 Å². The molecule has 0 saturated carbocycles. The molecule has 1 amide bonds. The molecule has 0 aliphatic carbocycles. The standard InChI is InChI=1S/C11H8BrClN2O3S/c1-18-7-3-2-5(13)4-6(7)8-9(15-11(16)17)19-10(12)14-8/h2-4,15H,1H3,(H,16,17).